The quantitative estimate of drug-likeness (QED) is 0.396. The maximum Gasteiger partial charge on any atom is 0.0632 e. The van der Waals surface area contributed by atoms with Gasteiger partial charge in [0, 0.05) is 11.8 Å². The van der Waals surface area contributed by atoms with Gasteiger partial charge in [-0.25, -0.2) is 0 Å². The van der Waals surface area contributed by atoms with Crippen molar-refractivity contribution in [3.63, 3.8) is 0 Å². The first-order valence-corrected chi connectivity index (χ1v) is 5.63. The van der Waals surface area contributed by atoms with Gasteiger partial charge in [0.05, 0.1) is 5.71 Å². The molecule has 2 fully saturated rings. The summed E-state index contributed by atoms with van der Waals surface area (Å²) < 4.78 is 0. The molecule has 0 aromatic heterocycles. The number of oxime groups is 1. The molecule has 0 aromatic carbocycles. The monoisotopic (exact) mass is 181 g/mol. The molecule has 2 saturated carbocycles. The summed E-state index contributed by atoms with van der Waals surface area (Å²) >= 11 is 0. The Balaban J connectivity index is 1.94. The molecule has 0 unspecified atom stereocenters. The average Bonchev–Trinajstić information content (AvgIpc) is 2.12. The molecule has 0 heterocycles. The van der Waals surface area contributed by atoms with Crippen molar-refractivity contribution in [2.45, 2.75) is 51.4 Å². The second-order valence-electron chi connectivity index (χ2n) is 4.49. The van der Waals surface area contributed by atoms with Gasteiger partial charge in [-0.15, -0.1) is 0 Å². The van der Waals surface area contributed by atoms with Crippen LogP contribution in [-0.2, 0) is 0 Å². The second kappa shape index (κ2) is 4.12. The van der Waals surface area contributed by atoms with E-state index in [0.717, 1.165) is 5.71 Å². The van der Waals surface area contributed by atoms with Gasteiger partial charge in [0.1, 0.15) is 0 Å². The van der Waals surface area contributed by atoms with Crippen LogP contribution in [0.15, 0.2) is 5.16 Å². The third kappa shape index (κ3) is 1.87. The van der Waals surface area contributed by atoms with Crippen LogP contribution in [0.25, 0.3) is 0 Å². The topological polar surface area (TPSA) is 32.6 Å². The lowest BCUT2D eigenvalue weighted by Crippen LogP contribution is -2.30. The van der Waals surface area contributed by atoms with Gasteiger partial charge in [-0.2, -0.15) is 0 Å². The summed E-state index contributed by atoms with van der Waals surface area (Å²) in [5, 5.41) is 12.6. The summed E-state index contributed by atoms with van der Waals surface area (Å²) in [7, 11) is 0. The highest BCUT2D eigenvalue weighted by atomic mass is 16.4. The first kappa shape index (κ1) is 9.04. The fourth-order valence-corrected chi connectivity index (χ4v) is 2.60. The zero-order valence-electron chi connectivity index (χ0n) is 8.21. The Hall–Kier alpha value is -0.530. The van der Waals surface area contributed by atoms with Crippen molar-refractivity contribution in [2.75, 3.05) is 0 Å². The standard InChI is InChI=1S/C11H19NO/c13-12-11(10-7-4-8-10)9-5-2-1-3-6-9/h9-10,13H,1-8H2. The minimum absolute atomic E-state index is 0.615. The third-order valence-corrected chi connectivity index (χ3v) is 3.66. The maximum absolute atomic E-state index is 9.00. The SMILES string of the molecule is ON=C(C1CCCCC1)C1CCC1. The van der Waals surface area contributed by atoms with Crippen LogP contribution in [0.1, 0.15) is 51.4 Å². The van der Waals surface area contributed by atoms with Crippen molar-refractivity contribution in [2.24, 2.45) is 17.0 Å². The van der Waals surface area contributed by atoms with Crippen molar-refractivity contribution in [3.05, 3.63) is 0 Å². The molecule has 2 aliphatic carbocycles. The molecule has 74 valence electrons. The van der Waals surface area contributed by atoms with E-state index < -0.39 is 0 Å². The summed E-state index contributed by atoms with van der Waals surface area (Å²) in [6.45, 7) is 0. The smallest absolute Gasteiger partial charge is 0.0632 e. The molecule has 0 aliphatic heterocycles. The summed E-state index contributed by atoms with van der Waals surface area (Å²) in [4.78, 5) is 0. The number of rotatable bonds is 2. The predicted octanol–water partition coefficient (Wildman–Crippen LogP) is 3.20. The van der Waals surface area contributed by atoms with Crippen molar-refractivity contribution in [1.82, 2.24) is 0 Å². The molecule has 2 rings (SSSR count). The highest BCUT2D eigenvalue weighted by molar-refractivity contribution is 5.89. The van der Waals surface area contributed by atoms with Crippen LogP contribution in [0.4, 0.5) is 0 Å². The molecule has 1 N–H and O–H groups in total. The number of hydrogen-bond acceptors (Lipinski definition) is 2. The molecule has 2 nitrogen and oxygen atoms in total. The molecule has 2 aliphatic rings. The first-order chi connectivity index (χ1) is 6.42. The van der Waals surface area contributed by atoms with Gasteiger partial charge in [0.15, 0.2) is 0 Å². The Morgan fingerprint density at radius 3 is 1.77 bits per heavy atom. The Kier molecular flexibility index (Phi) is 2.87. The van der Waals surface area contributed by atoms with E-state index in [-0.39, 0.29) is 0 Å². The summed E-state index contributed by atoms with van der Waals surface area (Å²) in [6, 6.07) is 0. The molecular weight excluding hydrogens is 162 g/mol. The lowest BCUT2D eigenvalue weighted by Gasteiger charge is -2.32. The molecule has 0 radical (unpaired) electrons. The molecule has 0 amide bonds. The van der Waals surface area contributed by atoms with E-state index in [1.807, 2.05) is 0 Å². The minimum Gasteiger partial charge on any atom is -0.411 e. The summed E-state index contributed by atoms with van der Waals surface area (Å²) in [5.74, 6) is 1.25. The van der Waals surface area contributed by atoms with Gasteiger partial charge in [-0.05, 0) is 25.7 Å². The largest absolute Gasteiger partial charge is 0.411 e. The van der Waals surface area contributed by atoms with Crippen molar-refractivity contribution in [1.29, 1.82) is 0 Å². The lowest BCUT2D eigenvalue weighted by atomic mass is 9.73. The molecule has 0 saturated heterocycles. The summed E-state index contributed by atoms with van der Waals surface area (Å²) in [6.07, 6.45) is 10.4. The van der Waals surface area contributed by atoms with E-state index in [4.69, 9.17) is 5.21 Å². The molecular formula is C11H19NO. The Morgan fingerprint density at radius 1 is 0.846 bits per heavy atom. The molecule has 2 heteroatoms. The van der Waals surface area contributed by atoms with E-state index in [0.29, 0.717) is 11.8 Å². The van der Waals surface area contributed by atoms with Crippen molar-refractivity contribution >= 4 is 5.71 Å². The van der Waals surface area contributed by atoms with E-state index in [9.17, 15) is 0 Å². The lowest BCUT2D eigenvalue weighted by molar-refractivity contribution is 0.288. The van der Waals surface area contributed by atoms with Crippen LogP contribution in [0.3, 0.4) is 0 Å². The van der Waals surface area contributed by atoms with Crippen LogP contribution in [0.2, 0.25) is 0 Å². The van der Waals surface area contributed by atoms with Crippen molar-refractivity contribution in [3.8, 4) is 0 Å². The Labute approximate surface area is 80.0 Å². The van der Waals surface area contributed by atoms with Gasteiger partial charge in [0.2, 0.25) is 0 Å². The van der Waals surface area contributed by atoms with E-state index in [1.165, 1.54) is 51.4 Å². The van der Waals surface area contributed by atoms with Gasteiger partial charge < -0.3 is 5.21 Å². The van der Waals surface area contributed by atoms with Crippen LogP contribution >= 0.6 is 0 Å². The second-order valence-corrected chi connectivity index (χ2v) is 4.49. The van der Waals surface area contributed by atoms with Crippen LogP contribution in [0, 0.1) is 11.8 Å². The normalized spacial score (nSPS) is 27.2. The molecule has 0 bridgehead atoms. The third-order valence-electron chi connectivity index (χ3n) is 3.66. The predicted molar refractivity (Wildman–Crippen MR) is 53.1 cm³/mol. The van der Waals surface area contributed by atoms with Gasteiger partial charge in [-0.1, -0.05) is 30.8 Å². The van der Waals surface area contributed by atoms with Crippen LogP contribution < -0.4 is 0 Å². The van der Waals surface area contributed by atoms with Crippen molar-refractivity contribution < 1.29 is 5.21 Å². The van der Waals surface area contributed by atoms with Gasteiger partial charge in [0.25, 0.3) is 0 Å². The summed E-state index contributed by atoms with van der Waals surface area (Å²) in [5.41, 5.74) is 1.13. The maximum atomic E-state index is 9.00. The highest BCUT2D eigenvalue weighted by Crippen LogP contribution is 2.35. The minimum atomic E-state index is 0.615. The first-order valence-electron chi connectivity index (χ1n) is 5.63. The fourth-order valence-electron chi connectivity index (χ4n) is 2.60. The average molecular weight is 181 g/mol. The zero-order valence-corrected chi connectivity index (χ0v) is 8.21. The number of hydrogen-bond donors (Lipinski definition) is 1. The highest BCUT2D eigenvalue weighted by Gasteiger charge is 2.30. The molecule has 13 heavy (non-hydrogen) atoms. The van der Waals surface area contributed by atoms with E-state index in [2.05, 4.69) is 5.16 Å². The zero-order chi connectivity index (χ0) is 9.10. The van der Waals surface area contributed by atoms with Crippen LogP contribution in [-0.4, -0.2) is 10.9 Å². The number of nitrogens with zero attached hydrogens (tertiary/aromatic N) is 1. The molecule has 0 spiro atoms. The van der Waals surface area contributed by atoms with Crippen LogP contribution in [0.5, 0.6) is 0 Å². The fraction of sp³-hybridized carbons (Fsp3) is 0.909. The van der Waals surface area contributed by atoms with Gasteiger partial charge >= 0.3 is 0 Å². The Morgan fingerprint density at radius 2 is 1.38 bits per heavy atom. The Bertz CT molecular complexity index is 190. The molecule has 0 aromatic rings. The molecule has 0 atom stereocenters. The van der Waals surface area contributed by atoms with E-state index >= 15 is 0 Å². The van der Waals surface area contributed by atoms with E-state index in [1.54, 1.807) is 0 Å². The van der Waals surface area contributed by atoms with Gasteiger partial charge in [-0.3, -0.25) is 0 Å².